The molecule has 6 nitrogen and oxygen atoms in total. The molecular weight excluding hydrogens is 373 g/mol. The summed E-state index contributed by atoms with van der Waals surface area (Å²) in [5.74, 6) is -0.690. The number of allylic oxidation sites excluding steroid dienone is 1. The Hall–Kier alpha value is -2.93. The number of halogens is 2. The molecule has 8 heteroatoms. The molecule has 27 heavy (non-hydrogen) atoms. The fraction of sp³-hybridized carbons (Fsp3) is 0.211. The second-order valence-corrected chi connectivity index (χ2v) is 6.19. The molecule has 0 bridgehead atoms. The zero-order valence-electron chi connectivity index (χ0n) is 14.7. The van der Waals surface area contributed by atoms with Crippen molar-refractivity contribution in [1.29, 1.82) is 0 Å². The molecule has 0 radical (unpaired) electrons. The monoisotopic (exact) mass is 391 g/mol. The van der Waals surface area contributed by atoms with Crippen molar-refractivity contribution in [3.8, 4) is 5.75 Å². The number of nitrogens with one attached hydrogen (secondary N) is 2. The Morgan fingerprint density at radius 2 is 2.00 bits per heavy atom. The Kier molecular flexibility index (Phi) is 7.31. The lowest BCUT2D eigenvalue weighted by molar-refractivity contribution is -0.122. The summed E-state index contributed by atoms with van der Waals surface area (Å²) in [5.41, 5.74) is 1.37. The smallest absolute Gasteiger partial charge is 0.262 e. The molecule has 0 saturated heterocycles. The van der Waals surface area contributed by atoms with E-state index in [2.05, 4.69) is 22.2 Å². The topological polar surface area (TPSA) is 80.3 Å². The highest BCUT2D eigenvalue weighted by Gasteiger charge is 2.09. The molecule has 0 aliphatic heterocycles. The molecule has 2 aromatic rings. The number of pyridine rings is 1. The summed E-state index contributed by atoms with van der Waals surface area (Å²) >= 11 is 5.57. The molecule has 0 saturated carbocycles. The van der Waals surface area contributed by atoms with Gasteiger partial charge in [0, 0.05) is 24.4 Å². The van der Waals surface area contributed by atoms with Crippen LogP contribution in [0.4, 0.5) is 10.2 Å². The summed E-state index contributed by atoms with van der Waals surface area (Å²) < 4.78 is 18.5. The van der Waals surface area contributed by atoms with Gasteiger partial charge in [-0.05, 0) is 37.1 Å². The third-order valence-corrected chi connectivity index (χ3v) is 3.72. The molecule has 0 unspecified atom stereocenters. The molecule has 0 fully saturated rings. The SMILES string of the molecule is C=C(CCC(=O)Nc1ccc(C)cn1)NC(=O)COc1ccc(Cl)c(F)c1. The van der Waals surface area contributed by atoms with Crippen LogP contribution in [-0.4, -0.2) is 23.4 Å². The maximum Gasteiger partial charge on any atom is 0.262 e. The number of rotatable bonds is 8. The van der Waals surface area contributed by atoms with E-state index in [-0.39, 0.29) is 36.1 Å². The van der Waals surface area contributed by atoms with Gasteiger partial charge in [0.2, 0.25) is 5.91 Å². The van der Waals surface area contributed by atoms with Gasteiger partial charge in [0.05, 0.1) is 5.02 Å². The number of nitrogens with zero attached hydrogens (tertiary/aromatic N) is 1. The maximum absolute atomic E-state index is 13.3. The summed E-state index contributed by atoms with van der Waals surface area (Å²) in [5, 5.41) is 5.16. The second kappa shape index (κ2) is 9.68. The van der Waals surface area contributed by atoms with Crippen LogP contribution in [0.2, 0.25) is 5.02 Å². The predicted octanol–water partition coefficient (Wildman–Crippen LogP) is 3.61. The number of amides is 2. The van der Waals surface area contributed by atoms with Crippen LogP contribution in [0.25, 0.3) is 0 Å². The van der Waals surface area contributed by atoms with Crippen molar-refractivity contribution in [3.05, 3.63) is 65.2 Å². The van der Waals surface area contributed by atoms with Gasteiger partial charge in [-0.25, -0.2) is 9.37 Å². The van der Waals surface area contributed by atoms with Gasteiger partial charge >= 0.3 is 0 Å². The predicted molar refractivity (Wildman–Crippen MR) is 101 cm³/mol. The Morgan fingerprint density at radius 3 is 2.67 bits per heavy atom. The van der Waals surface area contributed by atoms with Crippen LogP contribution >= 0.6 is 11.6 Å². The first-order chi connectivity index (χ1) is 12.8. The van der Waals surface area contributed by atoms with Crippen molar-refractivity contribution in [2.45, 2.75) is 19.8 Å². The first kappa shape index (κ1) is 20.4. The minimum absolute atomic E-state index is 0.0284. The molecule has 2 N–H and O–H groups in total. The number of ether oxygens (including phenoxy) is 1. The fourth-order valence-electron chi connectivity index (χ4n) is 2.02. The van der Waals surface area contributed by atoms with Crippen molar-refractivity contribution < 1.29 is 18.7 Å². The minimum Gasteiger partial charge on any atom is -0.484 e. The highest BCUT2D eigenvalue weighted by Crippen LogP contribution is 2.20. The van der Waals surface area contributed by atoms with E-state index in [1.807, 2.05) is 13.0 Å². The molecule has 1 heterocycles. The van der Waals surface area contributed by atoms with Gasteiger partial charge in [0.25, 0.3) is 5.91 Å². The normalized spacial score (nSPS) is 10.2. The van der Waals surface area contributed by atoms with Crippen molar-refractivity contribution in [2.24, 2.45) is 0 Å². The third kappa shape index (κ3) is 7.07. The lowest BCUT2D eigenvalue weighted by atomic mass is 10.2. The van der Waals surface area contributed by atoms with Crippen LogP contribution in [-0.2, 0) is 9.59 Å². The van der Waals surface area contributed by atoms with Gasteiger partial charge in [-0.2, -0.15) is 0 Å². The lowest BCUT2D eigenvalue weighted by Crippen LogP contribution is -2.28. The molecule has 2 amide bonds. The minimum atomic E-state index is -0.631. The van der Waals surface area contributed by atoms with Crippen molar-refractivity contribution >= 4 is 29.2 Å². The number of carbonyl (C=O) groups excluding carboxylic acids is 2. The molecule has 0 spiro atoms. The van der Waals surface area contributed by atoms with E-state index in [0.29, 0.717) is 11.5 Å². The number of hydrogen-bond acceptors (Lipinski definition) is 4. The van der Waals surface area contributed by atoms with Crippen molar-refractivity contribution in [3.63, 3.8) is 0 Å². The van der Waals surface area contributed by atoms with Crippen LogP contribution in [0.3, 0.4) is 0 Å². The molecule has 0 aliphatic rings. The van der Waals surface area contributed by atoms with E-state index in [0.717, 1.165) is 11.6 Å². The van der Waals surface area contributed by atoms with Gasteiger partial charge in [-0.3, -0.25) is 9.59 Å². The number of aromatic nitrogens is 1. The van der Waals surface area contributed by atoms with E-state index in [4.69, 9.17) is 16.3 Å². The third-order valence-electron chi connectivity index (χ3n) is 3.41. The van der Waals surface area contributed by atoms with E-state index in [1.54, 1.807) is 12.3 Å². The zero-order valence-corrected chi connectivity index (χ0v) is 15.5. The van der Waals surface area contributed by atoms with Crippen molar-refractivity contribution in [1.82, 2.24) is 10.3 Å². The molecule has 0 atom stereocenters. The molecule has 1 aromatic carbocycles. The van der Waals surface area contributed by atoms with Crippen LogP contribution in [0, 0.1) is 12.7 Å². The largest absolute Gasteiger partial charge is 0.484 e. The average molecular weight is 392 g/mol. The van der Waals surface area contributed by atoms with E-state index in [9.17, 15) is 14.0 Å². The first-order valence-corrected chi connectivity index (χ1v) is 8.49. The highest BCUT2D eigenvalue weighted by molar-refractivity contribution is 6.30. The summed E-state index contributed by atoms with van der Waals surface area (Å²) in [6.07, 6.45) is 2.05. The summed E-state index contributed by atoms with van der Waals surface area (Å²) in [7, 11) is 0. The molecule has 1 aromatic heterocycles. The standard InChI is InChI=1S/C19H19ClFN3O3/c1-12-3-7-17(22-10-12)24-18(25)8-4-13(2)23-19(26)11-27-14-5-6-15(20)16(21)9-14/h3,5-7,9-10H,2,4,8,11H2,1H3,(H,23,26)(H,22,24,25). The van der Waals surface area contributed by atoms with Crippen LogP contribution < -0.4 is 15.4 Å². The molecular formula is C19H19ClFN3O3. The van der Waals surface area contributed by atoms with Crippen molar-refractivity contribution in [2.75, 3.05) is 11.9 Å². The Labute approximate surface area is 161 Å². The second-order valence-electron chi connectivity index (χ2n) is 5.79. The van der Waals surface area contributed by atoms with Crippen LogP contribution in [0.1, 0.15) is 18.4 Å². The van der Waals surface area contributed by atoms with Gasteiger partial charge in [-0.15, -0.1) is 0 Å². The van der Waals surface area contributed by atoms with Gasteiger partial charge in [0.1, 0.15) is 17.4 Å². The molecule has 2 rings (SSSR count). The maximum atomic E-state index is 13.3. The Bertz CT molecular complexity index is 841. The van der Waals surface area contributed by atoms with E-state index in [1.165, 1.54) is 12.1 Å². The highest BCUT2D eigenvalue weighted by atomic mass is 35.5. The van der Waals surface area contributed by atoms with Crippen LogP contribution in [0.15, 0.2) is 48.8 Å². The zero-order chi connectivity index (χ0) is 19.8. The number of carbonyl (C=O) groups is 2. The number of aryl methyl sites for hydroxylation is 1. The fourth-order valence-corrected chi connectivity index (χ4v) is 2.14. The summed E-state index contributed by atoms with van der Waals surface area (Å²) in [6.45, 7) is 5.29. The van der Waals surface area contributed by atoms with Gasteiger partial charge < -0.3 is 15.4 Å². The average Bonchev–Trinajstić information content (AvgIpc) is 2.63. The van der Waals surface area contributed by atoms with E-state index < -0.39 is 11.7 Å². The Morgan fingerprint density at radius 1 is 1.22 bits per heavy atom. The summed E-state index contributed by atoms with van der Waals surface area (Å²) in [4.78, 5) is 27.8. The van der Waals surface area contributed by atoms with Crippen LogP contribution in [0.5, 0.6) is 5.75 Å². The molecule has 0 aliphatic carbocycles. The van der Waals surface area contributed by atoms with Gasteiger partial charge in [0.15, 0.2) is 6.61 Å². The summed E-state index contributed by atoms with van der Waals surface area (Å²) in [6, 6.07) is 7.44. The first-order valence-electron chi connectivity index (χ1n) is 8.11. The van der Waals surface area contributed by atoms with E-state index >= 15 is 0 Å². The quantitative estimate of drug-likeness (QED) is 0.720. The number of benzene rings is 1. The number of anilines is 1. The Balaban J connectivity index is 1.69. The number of hydrogen-bond donors (Lipinski definition) is 2. The molecule has 142 valence electrons. The van der Waals surface area contributed by atoms with Gasteiger partial charge in [-0.1, -0.05) is 24.2 Å². The lowest BCUT2D eigenvalue weighted by Gasteiger charge is -2.10.